The average Bonchev–Trinajstić information content (AvgIpc) is 3.59. The summed E-state index contributed by atoms with van der Waals surface area (Å²) in [6, 6.07) is 14.3. The predicted molar refractivity (Wildman–Crippen MR) is 138 cm³/mol. The van der Waals surface area contributed by atoms with Crippen LogP contribution in [-0.4, -0.2) is 69.0 Å². The van der Waals surface area contributed by atoms with Crippen LogP contribution < -0.4 is 10.5 Å². The van der Waals surface area contributed by atoms with Gasteiger partial charge < -0.3 is 14.6 Å². The van der Waals surface area contributed by atoms with Gasteiger partial charge in [0.1, 0.15) is 11.9 Å². The Labute approximate surface area is 213 Å². The number of fused-ring (bicyclic) bond motifs is 1. The van der Waals surface area contributed by atoms with Gasteiger partial charge in [-0.25, -0.2) is 9.07 Å². The summed E-state index contributed by atoms with van der Waals surface area (Å²) in [6.45, 7) is 5.80. The van der Waals surface area contributed by atoms with Crippen molar-refractivity contribution in [3.8, 4) is 0 Å². The molecule has 0 aliphatic carbocycles. The molecule has 9 nitrogen and oxygen atoms in total. The lowest BCUT2D eigenvalue weighted by Crippen LogP contribution is -2.49. The minimum atomic E-state index is -0.451. The molecule has 2 aliphatic heterocycles. The number of aromatic amines is 1. The van der Waals surface area contributed by atoms with Gasteiger partial charge >= 0.3 is 0 Å². The summed E-state index contributed by atoms with van der Waals surface area (Å²) in [7, 11) is 0. The van der Waals surface area contributed by atoms with Crippen molar-refractivity contribution in [1.82, 2.24) is 30.1 Å². The fourth-order valence-corrected chi connectivity index (χ4v) is 5.49. The first-order valence-electron chi connectivity index (χ1n) is 12.8. The van der Waals surface area contributed by atoms with Crippen LogP contribution in [0.1, 0.15) is 35.8 Å². The maximum atomic E-state index is 14.5. The van der Waals surface area contributed by atoms with Crippen molar-refractivity contribution in [3.05, 3.63) is 81.7 Å². The highest BCUT2D eigenvalue weighted by Gasteiger charge is 2.34. The highest BCUT2D eigenvalue weighted by Crippen LogP contribution is 2.30. The first-order valence-corrected chi connectivity index (χ1v) is 12.8. The van der Waals surface area contributed by atoms with Crippen LogP contribution in [0.3, 0.4) is 0 Å². The second-order valence-corrected chi connectivity index (χ2v) is 9.88. The quantitative estimate of drug-likeness (QED) is 0.432. The Morgan fingerprint density at radius 2 is 1.97 bits per heavy atom. The molecule has 0 bridgehead atoms. The van der Waals surface area contributed by atoms with Crippen molar-refractivity contribution in [2.45, 2.75) is 38.5 Å². The molecule has 4 heterocycles. The van der Waals surface area contributed by atoms with Crippen LogP contribution in [0, 0.1) is 12.7 Å². The van der Waals surface area contributed by atoms with Gasteiger partial charge in [-0.05, 0) is 65.9 Å². The van der Waals surface area contributed by atoms with E-state index in [0.29, 0.717) is 49.8 Å². The number of nitrogens with zero attached hydrogens (tertiary/aromatic N) is 6. The molecule has 0 unspecified atom stereocenters. The van der Waals surface area contributed by atoms with Crippen LogP contribution in [0.5, 0.6) is 0 Å². The van der Waals surface area contributed by atoms with Crippen molar-refractivity contribution in [3.63, 3.8) is 0 Å². The second kappa shape index (κ2) is 10.0. The van der Waals surface area contributed by atoms with E-state index < -0.39 is 6.04 Å². The fraction of sp³-hybridized carbons (Fsp3) is 0.407. The van der Waals surface area contributed by atoms with Crippen molar-refractivity contribution >= 4 is 16.6 Å². The van der Waals surface area contributed by atoms with Gasteiger partial charge in [-0.3, -0.25) is 9.69 Å². The van der Waals surface area contributed by atoms with Gasteiger partial charge in [0.25, 0.3) is 5.56 Å². The Morgan fingerprint density at radius 3 is 2.76 bits per heavy atom. The van der Waals surface area contributed by atoms with Crippen LogP contribution in [0.15, 0.2) is 53.3 Å². The molecule has 4 aromatic rings. The van der Waals surface area contributed by atoms with Crippen molar-refractivity contribution in [2.24, 2.45) is 0 Å². The maximum Gasteiger partial charge on any atom is 0.253 e. The van der Waals surface area contributed by atoms with E-state index in [4.69, 9.17) is 4.74 Å². The van der Waals surface area contributed by atoms with E-state index in [2.05, 4.69) is 31.5 Å². The average molecular weight is 504 g/mol. The van der Waals surface area contributed by atoms with Crippen molar-refractivity contribution in [1.29, 1.82) is 0 Å². The summed E-state index contributed by atoms with van der Waals surface area (Å²) in [4.78, 5) is 20.8. The Hall–Kier alpha value is -3.63. The lowest BCUT2D eigenvalue weighted by atomic mass is 10.0. The molecule has 2 aliphatic rings. The Bertz CT molecular complexity index is 1450. The molecule has 2 aromatic carbocycles. The van der Waals surface area contributed by atoms with Crippen LogP contribution in [0.4, 0.5) is 10.1 Å². The van der Waals surface area contributed by atoms with E-state index in [0.717, 1.165) is 35.9 Å². The van der Waals surface area contributed by atoms with Crippen molar-refractivity contribution < 1.29 is 9.13 Å². The van der Waals surface area contributed by atoms with Crippen LogP contribution >= 0.6 is 0 Å². The first kappa shape index (κ1) is 23.7. The summed E-state index contributed by atoms with van der Waals surface area (Å²) < 4.78 is 22.1. The minimum Gasteiger partial charge on any atom is -0.376 e. The van der Waals surface area contributed by atoms with Crippen LogP contribution in [0.25, 0.3) is 10.9 Å². The number of rotatable bonds is 6. The molecule has 2 atom stereocenters. The molecule has 0 spiro atoms. The lowest BCUT2D eigenvalue weighted by molar-refractivity contribution is 0.0906. The lowest BCUT2D eigenvalue weighted by Gasteiger charge is -2.39. The molecule has 1 N–H and O–H groups in total. The molecule has 37 heavy (non-hydrogen) atoms. The molecule has 10 heteroatoms. The number of H-pyrrole nitrogens is 1. The molecular formula is C27H30FN7O2. The normalized spacial score (nSPS) is 19.5. The van der Waals surface area contributed by atoms with Gasteiger partial charge in [0, 0.05) is 43.9 Å². The number of hydrogen-bond donors (Lipinski definition) is 1. The van der Waals surface area contributed by atoms with Crippen molar-refractivity contribution in [2.75, 3.05) is 37.7 Å². The largest absolute Gasteiger partial charge is 0.376 e. The number of aromatic nitrogens is 5. The summed E-state index contributed by atoms with van der Waals surface area (Å²) >= 11 is 0. The molecule has 2 saturated heterocycles. The second-order valence-electron chi connectivity index (χ2n) is 9.88. The summed E-state index contributed by atoms with van der Waals surface area (Å²) in [5.74, 6) is 0.390. The summed E-state index contributed by atoms with van der Waals surface area (Å²) in [5, 5.41) is 13.7. The van der Waals surface area contributed by atoms with Gasteiger partial charge in [-0.15, -0.1) is 5.10 Å². The van der Waals surface area contributed by atoms with Gasteiger partial charge in [0.15, 0.2) is 5.82 Å². The van der Waals surface area contributed by atoms with Crippen LogP contribution in [0.2, 0.25) is 0 Å². The Morgan fingerprint density at radius 1 is 1.14 bits per heavy atom. The Kier molecular flexibility index (Phi) is 6.43. The predicted octanol–water partition coefficient (Wildman–Crippen LogP) is 3.05. The summed E-state index contributed by atoms with van der Waals surface area (Å²) in [5.41, 5.74) is 2.94. The monoisotopic (exact) mass is 503 g/mol. The van der Waals surface area contributed by atoms with E-state index in [9.17, 15) is 9.18 Å². The molecule has 2 fully saturated rings. The van der Waals surface area contributed by atoms with E-state index in [-0.39, 0.29) is 17.5 Å². The fourth-order valence-electron chi connectivity index (χ4n) is 5.49. The molecule has 0 radical (unpaired) electrons. The number of hydrogen-bond acceptors (Lipinski definition) is 7. The SMILES string of the molecule is Cc1ccc2[nH]c(=O)c([C@@H](c3nnnn3C[C@@H]3CCCO3)N3CCN(c4ccccc4F)CC3)cc2c1. The third-order valence-electron chi connectivity index (χ3n) is 7.40. The number of piperazine rings is 1. The zero-order chi connectivity index (χ0) is 25.4. The number of para-hydroxylation sites is 1. The maximum absolute atomic E-state index is 14.5. The first-order chi connectivity index (χ1) is 18.1. The number of ether oxygens (including phenoxy) is 1. The van der Waals surface area contributed by atoms with E-state index in [1.54, 1.807) is 16.8 Å². The number of tetrazole rings is 1. The standard InChI is InChI=1S/C27H30FN7O2/c1-18-8-9-23-19(15-18)16-21(27(36)29-23)25(26-30-31-32-35(26)17-20-5-4-14-37-20)34-12-10-33(11-13-34)24-7-3-2-6-22(24)28/h2-3,6-9,15-16,20,25H,4-5,10-14,17H2,1H3,(H,29,36)/t20-,25-/m0/s1. The molecule has 2 aromatic heterocycles. The number of nitrogens with one attached hydrogen (secondary N) is 1. The number of pyridine rings is 1. The molecule has 6 rings (SSSR count). The van der Waals surface area contributed by atoms with E-state index in [1.807, 2.05) is 36.1 Å². The van der Waals surface area contributed by atoms with Gasteiger partial charge in [-0.2, -0.15) is 0 Å². The number of aryl methyl sites for hydroxylation is 1. The van der Waals surface area contributed by atoms with Gasteiger partial charge in [-0.1, -0.05) is 23.8 Å². The Balaban J connectivity index is 1.37. The highest BCUT2D eigenvalue weighted by atomic mass is 19.1. The third-order valence-corrected chi connectivity index (χ3v) is 7.40. The highest BCUT2D eigenvalue weighted by molar-refractivity contribution is 5.79. The third kappa shape index (κ3) is 4.74. The molecule has 0 saturated carbocycles. The van der Waals surface area contributed by atoms with E-state index >= 15 is 0 Å². The molecule has 0 amide bonds. The number of benzene rings is 2. The number of anilines is 1. The molecule has 192 valence electrons. The van der Waals surface area contributed by atoms with Gasteiger partial charge in [0.05, 0.1) is 18.3 Å². The smallest absolute Gasteiger partial charge is 0.253 e. The topological polar surface area (TPSA) is 92.2 Å². The van der Waals surface area contributed by atoms with E-state index in [1.165, 1.54) is 6.07 Å². The van der Waals surface area contributed by atoms with Crippen LogP contribution in [-0.2, 0) is 11.3 Å². The van der Waals surface area contributed by atoms with Gasteiger partial charge in [0.2, 0.25) is 0 Å². The minimum absolute atomic E-state index is 0.0540. The molecular weight excluding hydrogens is 473 g/mol. The zero-order valence-corrected chi connectivity index (χ0v) is 20.8. The number of halogens is 1. The summed E-state index contributed by atoms with van der Waals surface area (Å²) in [6.07, 6.45) is 2.03. The zero-order valence-electron chi connectivity index (χ0n) is 20.8.